The molecule has 0 amide bonds. The highest BCUT2D eigenvalue weighted by atomic mass is 16.4. The van der Waals surface area contributed by atoms with E-state index in [2.05, 4.69) is 24.2 Å². The fraction of sp³-hybridized carbons (Fsp3) is 0.833. The summed E-state index contributed by atoms with van der Waals surface area (Å²) in [5.74, 6) is 0. The molecule has 0 saturated carbocycles. The average Bonchev–Trinajstić information content (AvgIpc) is 2.31. The molecule has 2 N–H and O–H groups in total. The van der Waals surface area contributed by atoms with Crippen LogP contribution in [0.25, 0.3) is 0 Å². The quantitative estimate of drug-likeness (QED) is 0.273. The third-order valence-corrected chi connectivity index (χ3v) is 2.61. The Morgan fingerprint density at radius 1 is 0.750 bits per heavy atom. The Hall–Kier alpha value is -1.06. The van der Waals surface area contributed by atoms with Gasteiger partial charge in [-0.05, 0) is 25.7 Å². The molecule has 0 aliphatic rings. The first-order chi connectivity index (χ1) is 7.79. The Morgan fingerprint density at radius 3 is 1.38 bits per heavy atom. The summed E-state index contributed by atoms with van der Waals surface area (Å²) in [6.45, 7) is 4.25. The standard InChI is InChI=1S/C12H24N2O2/c1-3-5-7-9-11(13-15)12(14-16)10-8-6-4-2/h15-16H,3-10H2,1-2H3/b13-11+,14-12+. The van der Waals surface area contributed by atoms with Crippen LogP contribution in [0.3, 0.4) is 0 Å². The summed E-state index contributed by atoms with van der Waals surface area (Å²) in [6.07, 6.45) is 7.79. The molecule has 16 heavy (non-hydrogen) atoms. The van der Waals surface area contributed by atoms with E-state index in [0.29, 0.717) is 24.3 Å². The van der Waals surface area contributed by atoms with Gasteiger partial charge in [-0.3, -0.25) is 0 Å². The Morgan fingerprint density at radius 2 is 1.12 bits per heavy atom. The van der Waals surface area contributed by atoms with Crippen LogP contribution in [0.15, 0.2) is 10.3 Å². The Balaban J connectivity index is 4.09. The van der Waals surface area contributed by atoms with Crippen molar-refractivity contribution in [3.8, 4) is 0 Å². The minimum atomic E-state index is 0.534. The molecule has 0 aromatic carbocycles. The van der Waals surface area contributed by atoms with Gasteiger partial charge < -0.3 is 10.4 Å². The second-order valence-corrected chi connectivity index (χ2v) is 4.01. The Labute approximate surface area is 98.0 Å². The van der Waals surface area contributed by atoms with Gasteiger partial charge in [-0.15, -0.1) is 0 Å². The van der Waals surface area contributed by atoms with Crippen molar-refractivity contribution >= 4 is 11.4 Å². The predicted octanol–water partition coefficient (Wildman–Crippen LogP) is 3.81. The molecular formula is C12H24N2O2. The third kappa shape index (κ3) is 6.43. The molecule has 4 heteroatoms. The maximum atomic E-state index is 8.88. The molecule has 0 radical (unpaired) electrons. The minimum absolute atomic E-state index is 0.534. The fourth-order valence-corrected chi connectivity index (χ4v) is 1.59. The van der Waals surface area contributed by atoms with Gasteiger partial charge in [0.25, 0.3) is 0 Å². The van der Waals surface area contributed by atoms with E-state index in [4.69, 9.17) is 10.4 Å². The molecule has 0 fully saturated rings. The lowest BCUT2D eigenvalue weighted by Crippen LogP contribution is -2.14. The average molecular weight is 228 g/mol. The normalized spacial score (nSPS) is 13.1. The van der Waals surface area contributed by atoms with E-state index in [1.165, 1.54) is 0 Å². The van der Waals surface area contributed by atoms with Crippen molar-refractivity contribution in [2.45, 2.75) is 65.2 Å². The first-order valence-corrected chi connectivity index (χ1v) is 6.22. The largest absolute Gasteiger partial charge is 0.411 e. The topological polar surface area (TPSA) is 65.2 Å². The summed E-state index contributed by atoms with van der Waals surface area (Å²) < 4.78 is 0. The van der Waals surface area contributed by atoms with Crippen molar-refractivity contribution in [3.05, 3.63) is 0 Å². The van der Waals surface area contributed by atoms with Gasteiger partial charge in [0.2, 0.25) is 0 Å². The van der Waals surface area contributed by atoms with Crippen LogP contribution in [0.1, 0.15) is 65.2 Å². The minimum Gasteiger partial charge on any atom is -0.411 e. The van der Waals surface area contributed by atoms with Crippen molar-refractivity contribution in [1.29, 1.82) is 0 Å². The Bertz CT molecular complexity index is 201. The molecule has 0 rings (SSSR count). The van der Waals surface area contributed by atoms with Crippen LogP contribution in [0.4, 0.5) is 0 Å². The highest BCUT2D eigenvalue weighted by molar-refractivity contribution is 6.42. The van der Waals surface area contributed by atoms with Gasteiger partial charge in [0.15, 0.2) is 0 Å². The number of hydrogen-bond donors (Lipinski definition) is 2. The highest BCUT2D eigenvalue weighted by Crippen LogP contribution is 2.07. The monoisotopic (exact) mass is 228 g/mol. The van der Waals surface area contributed by atoms with Crippen molar-refractivity contribution < 1.29 is 10.4 Å². The Kier molecular flexibility index (Phi) is 9.76. The second-order valence-electron chi connectivity index (χ2n) is 4.01. The van der Waals surface area contributed by atoms with Gasteiger partial charge in [-0.25, -0.2) is 0 Å². The van der Waals surface area contributed by atoms with E-state index in [1.807, 2.05) is 0 Å². The van der Waals surface area contributed by atoms with Gasteiger partial charge >= 0.3 is 0 Å². The van der Waals surface area contributed by atoms with Crippen molar-refractivity contribution in [2.24, 2.45) is 10.3 Å². The molecular weight excluding hydrogens is 204 g/mol. The lowest BCUT2D eigenvalue weighted by atomic mass is 10.0. The van der Waals surface area contributed by atoms with E-state index in [9.17, 15) is 0 Å². The summed E-state index contributed by atoms with van der Waals surface area (Å²) in [5, 5.41) is 24.2. The molecule has 0 aromatic heterocycles. The molecule has 0 aromatic rings. The summed E-state index contributed by atoms with van der Waals surface area (Å²) in [4.78, 5) is 0. The first-order valence-electron chi connectivity index (χ1n) is 6.22. The van der Waals surface area contributed by atoms with Crippen LogP contribution >= 0.6 is 0 Å². The SMILES string of the molecule is CCCCCC(=N\O)/C(CCCCC)=N/O. The van der Waals surface area contributed by atoms with Gasteiger partial charge in [0.05, 0.1) is 0 Å². The summed E-state index contributed by atoms with van der Waals surface area (Å²) in [6, 6.07) is 0. The zero-order chi connectivity index (χ0) is 12.2. The molecule has 0 unspecified atom stereocenters. The van der Waals surface area contributed by atoms with Crippen molar-refractivity contribution in [1.82, 2.24) is 0 Å². The lowest BCUT2D eigenvalue weighted by molar-refractivity contribution is 0.312. The van der Waals surface area contributed by atoms with Crippen LogP contribution < -0.4 is 0 Å². The molecule has 0 spiro atoms. The molecule has 0 aliphatic carbocycles. The number of oxime groups is 2. The lowest BCUT2D eigenvalue weighted by Gasteiger charge is -2.06. The maximum Gasteiger partial charge on any atom is 0.104 e. The van der Waals surface area contributed by atoms with E-state index >= 15 is 0 Å². The van der Waals surface area contributed by atoms with Crippen LogP contribution in [0, 0.1) is 0 Å². The number of rotatable bonds is 9. The molecule has 0 heterocycles. The van der Waals surface area contributed by atoms with Crippen molar-refractivity contribution in [3.63, 3.8) is 0 Å². The van der Waals surface area contributed by atoms with Crippen LogP contribution in [0.5, 0.6) is 0 Å². The van der Waals surface area contributed by atoms with Crippen LogP contribution in [-0.4, -0.2) is 21.8 Å². The van der Waals surface area contributed by atoms with Crippen LogP contribution in [0.2, 0.25) is 0 Å². The third-order valence-electron chi connectivity index (χ3n) is 2.61. The van der Waals surface area contributed by atoms with E-state index < -0.39 is 0 Å². The predicted molar refractivity (Wildman–Crippen MR) is 66.7 cm³/mol. The maximum absolute atomic E-state index is 8.88. The summed E-state index contributed by atoms with van der Waals surface area (Å²) in [7, 11) is 0. The highest BCUT2D eigenvalue weighted by Gasteiger charge is 2.10. The first kappa shape index (κ1) is 14.9. The fourth-order valence-electron chi connectivity index (χ4n) is 1.59. The number of unbranched alkanes of at least 4 members (excludes halogenated alkanes) is 4. The second kappa shape index (κ2) is 10.5. The summed E-state index contributed by atoms with van der Waals surface area (Å²) >= 11 is 0. The van der Waals surface area contributed by atoms with E-state index in [1.54, 1.807) is 0 Å². The molecule has 94 valence electrons. The van der Waals surface area contributed by atoms with Crippen molar-refractivity contribution in [2.75, 3.05) is 0 Å². The smallest absolute Gasteiger partial charge is 0.104 e. The summed E-state index contributed by atoms with van der Waals surface area (Å²) in [5.41, 5.74) is 1.07. The van der Waals surface area contributed by atoms with Gasteiger partial charge in [0, 0.05) is 0 Å². The number of nitrogens with zero attached hydrogens (tertiary/aromatic N) is 2. The molecule has 4 nitrogen and oxygen atoms in total. The van der Waals surface area contributed by atoms with E-state index in [-0.39, 0.29) is 0 Å². The molecule has 0 bridgehead atoms. The molecule has 0 atom stereocenters. The van der Waals surface area contributed by atoms with Gasteiger partial charge in [-0.1, -0.05) is 49.8 Å². The van der Waals surface area contributed by atoms with Gasteiger partial charge in [-0.2, -0.15) is 0 Å². The zero-order valence-electron chi connectivity index (χ0n) is 10.4. The van der Waals surface area contributed by atoms with Gasteiger partial charge in [0.1, 0.15) is 11.4 Å². The van der Waals surface area contributed by atoms with Crippen LogP contribution in [-0.2, 0) is 0 Å². The zero-order valence-corrected chi connectivity index (χ0v) is 10.4. The molecule has 0 saturated heterocycles. The van der Waals surface area contributed by atoms with E-state index in [0.717, 1.165) is 38.5 Å². The molecule has 0 aliphatic heterocycles. The number of hydrogen-bond acceptors (Lipinski definition) is 4.